The highest BCUT2D eigenvalue weighted by Crippen LogP contribution is 2.23. The van der Waals surface area contributed by atoms with Crippen LogP contribution in [0.4, 0.5) is 0 Å². The molecule has 7 nitrogen and oxygen atoms in total. The summed E-state index contributed by atoms with van der Waals surface area (Å²) in [5.74, 6) is 2.64. The minimum Gasteiger partial charge on any atom is -0.508 e. The van der Waals surface area contributed by atoms with Crippen molar-refractivity contribution in [3.8, 4) is 11.5 Å². The average molecular weight is 708 g/mol. The Morgan fingerprint density at radius 2 is 1.04 bits per heavy atom. The fourth-order valence-electron chi connectivity index (χ4n) is 4.95. The molecule has 0 aliphatic carbocycles. The van der Waals surface area contributed by atoms with Gasteiger partial charge in [0, 0.05) is 61.7 Å². The molecule has 0 spiro atoms. The number of phenolic OH excluding ortho intramolecular Hbond substituents is 2. The first-order valence-corrected chi connectivity index (χ1v) is 18.6. The highest BCUT2D eigenvalue weighted by atomic mass is 32.2. The van der Waals surface area contributed by atoms with Gasteiger partial charge in [0.25, 0.3) is 0 Å². The number of carbonyl (C=O) groups is 2. The van der Waals surface area contributed by atoms with Crippen molar-refractivity contribution >= 4 is 35.3 Å². The molecular weight excluding hydrogens is 663 g/mol. The Labute approximate surface area is 304 Å². The number of hydrogen-bond donors (Lipinski definition) is 2. The third kappa shape index (κ3) is 14.4. The third-order valence-electron chi connectivity index (χ3n) is 7.63. The van der Waals surface area contributed by atoms with Crippen molar-refractivity contribution in [3.63, 3.8) is 0 Å². The van der Waals surface area contributed by atoms with Crippen LogP contribution in [0.15, 0.2) is 144 Å². The first-order valence-electron chi connectivity index (χ1n) is 16.7. The van der Waals surface area contributed by atoms with E-state index in [1.165, 1.54) is 0 Å². The quantitative estimate of drug-likeness (QED) is 0.0782. The Balaban J connectivity index is 0.000000232. The van der Waals surface area contributed by atoms with Crippen LogP contribution >= 0.6 is 23.5 Å². The standard InChI is InChI=1S/C24H25NO2S.C17H20N2O2S/c26-22-13-15-23(16-14-22)28-17-7-12-24(27)25(18-20-8-3-1-4-9-20)19-21-10-5-2-6-11-21;1-19(13-14-4-2-10-18-12-14)17(21)5-3-11-22-16-8-6-15(20)7-9-16/h1-6,8-11,13-16,26H,7,12,17-19H2;2,4,6-10,12,20H,3,5,11,13H2,1H3. The van der Waals surface area contributed by atoms with E-state index < -0.39 is 0 Å². The van der Waals surface area contributed by atoms with Gasteiger partial charge in [0.15, 0.2) is 0 Å². The van der Waals surface area contributed by atoms with Crippen LogP contribution in [-0.2, 0) is 29.2 Å². The van der Waals surface area contributed by atoms with Crippen molar-refractivity contribution in [3.05, 3.63) is 150 Å². The Hall–Kier alpha value is -4.73. The molecule has 0 aliphatic heterocycles. The predicted octanol–water partition coefficient (Wildman–Crippen LogP) is 8.81. The molecule has 260 valence electrons. The van der Waals surface area contributed by atoms with E-state index in [1.54, 1.807) is 65.1 Å². The predicted molar refractivity (Wildman–Crippen MR) is 204 cm³/mol. The Bertz CT molecular complexity index is 1650. The van der Waals surface area contributed by atoms with Crippen molar-refractivity contribution in [2.75, 3.05) is 18.6 Å². The number of aromatic nitrogens is 1. The van der Waals surface area contributed by atoms with Crippen LogP contribution in [0.5, 0.6) is 11.5 Å². The average Bonchev–Trinajstić information content (AvgIpc) is 3.14. The normalized spacial score (nSPS) is 10.5. The van der Waals surface area contributed by atoms with Gasteiger partial charge in [-0.05, 0) is 95.6 Å². The monoisotopic (exact) mass is 707 g/mol. The summed E-state index contributed by atoms with van der Waals surface area (Å²) in [6, 6.07) is 38.4. The second-order valence-electron chi connectivity index (χ2n) is 11.7. The topological polar surface area (TPSA) is 94.0 Å². The number of nitrogens with zero attached hydrogens (tertiary/aromatic N) is 3. The zero-order valence-corrected chi connectivity index (χ0v) is 30.1. The Morgan fingerprint density at radius 1 is 0.580 bits per heavy atom. The van der Waals surface area contributed by atoms with Crippen LogP contribution in [0.1, 0.15) is 42.4 Å². The molecule has 50 heavy (non-hydrogen) atoms. The lowest BCUT2D eigenvalue weighted by atomic mass is 10.1. The van der Waals surface area contributed by atoms with Gasteiger partial charge in [0.1, 0.15) is 11.5 Å². The Morgan fingerprint density at radius 3 is 1.50 bits per heavy atom. The minimum absolute atomic E-state index is 0.148. The van der Waals surface area contributed by atoms with E-state index in [-0.39, 0.29) is 23.3 Å². The third-order valence-corrected chi connectivity index (χ3v) is 9.83. The molecular formula is C41H45N3O4S2. The molecule has 0 aliphatic rings. The van der Waals surface area contributed by atoms with Crippen LogP contribution in [0.25, 0.3) is 0 Å². The molecule has 1 aromatic heterocycles. The maximum atomic E-state index is 12.9. The Kier molecular flexibility index (Phi) is 16.3. The molecule has 0 bridgehead atoms. The fourth-order valence-corrected chi connectivity index (χ4v) is 6.66. The number of phenols is 2. The first-order chi connectivity index (χ1) is 24.4. The lowest BCUT2D eigenvalue weighted by Gasteiger charge is -2.23. The maximum Gasteiger partial charge on any atom is 0.223 e. The lowest BCUT2D eigenvalue weighted by molar-refractivity contribution is -0.132. The summed E-state index contributed by atoms with van der Waals surface area (Å²) in [5, 5.41) is 18.6. The van der Waals surface area contributed by atoms with E-state index >= 15 is 0 Å². The second kappa shape index (κ2) is 21.4. The van der Waals surface area contributed by atoms with E-state index in [4.69, 9.17) is 0 Å². The van der Waals surface area contributed by atoms with Gasteiger partial charge in [-0.3, -0.25) is 14.6 Å². The molecule has 0 radical (unpaired) electrons. The number of benzene rings is 4. The summed E-state index contributed by atoms with van der Waals surface area (Å²) in [4.78, 5) is 34.9. The van der Waals surface area contributed by atoms with Crippen molar-refractivity contribution in [2.45, 2.75) is 55.1 Å². The minimum atomic E-state index is 0.148. The lowest BCUT2D eigenvalue weighted by Crippen LogP contribution is -2.30. The maximum absolute atomic E-state index is 12.9. The van der Waals surface area contributed by atoms with Crippen molar-refractivity contribution in [1.29, 1.82) is 0 Å². The first kappa shape index (κ1) is 38.1. The van der Waals surface area contributed by atoms with Crippen LogP contribution in [0.2, 0.25) is 0 Å². The van der Waals surface area contributed by atoms with Gasteiger partial charge >= 0.3 is 0 Å². The highest BCUT2D eigenvalue weighted by Gasteiger charge is 2.15. The van der Waals surface area contributed by atoms with Gasteiger partial charge in [0.2, 0.25) is 11.8 Å². The van der Waals surface area contributed by atoms with E-state index in [0.717, 1.165) is 50.8 Å². The molecule has 0 fully saturated rings. The SMILES string of the molecule is CN(Cc1cccnc1)C(=O)CCCSc1ccc(O)cc1.O=C(CCCSc1ccc(O)cc1)N(Cc1ccccc1)Cc1ccccc1. The van der Waals surface area contributed by atoms with E-state index in [2.05, 4.69) is 29.2 Å². The van der Waals surface area contributed by atoms with Crippen LogP contribution in [0, 0.1) is 0 Å². The molecule has 4 aromatic carbocycles. The summed E-state index contributed by atoms with van der Waals surface area (Å²) in [7, 11) is 1.82. The van der Waals surface area contributed by atoms with Crippen molar-refractivity contribution in [2.24, 2.45) is 0 Å². The zero-order chi connectivity index (χ0) is 35.4. The number of hydrogen-bond acceptors (Lipinski definition) is 7. The molecule has 2 N–H and O–H groups in total. The van der Waals surface area contributed by atoms with Gasteiger partial charge in [-0.15, -0.1) is 23.5 Å². The molecule has 5 aromatic rings. The number of aromatic hydroxyl groups is 2. The summed E-state index contributed by atoms with van der Waals surface area (Å²) in [6.07, 6.45) is 6.25. The largest absolute Gasteiger partial charge is 0.508 e. The van der Waals surface area contributed by atoms with E-state index in [9.17, 15) is 19.8 Å². The summed E-state index contributed by atoms with van der Waals surface area (Å²) in [6.45, 7) is 1.84. The fraction of sp³-hybridized carbons (Fsp3) is 0.244. The van der Waals surface area contributed by atoms with Gasteiger partial charge in [0.05, 0.1) is 0 Å². The molecule has 0 saturated heterocycles. The van der Waals surface area contributed by atoms with E-state index in [0.29, 0.717) is 32.5 Å². The number of pyridine rings is 1. The van der Waals surface area contributed by atoms with Gasteiger partial charge in [-0.1, -0.05) is 66.7 Å². The zero-order valence-electron chi connectivity index (χ0n) is 28.4. The molecule has 0 atom stereocenters. The second-order valence-corrected chi connectivity index (χ2v) is 14.1. The molecule has 0 saturated carbocycles. The molecule has 5 rings (SSSR count). The van der Waals surface area contributed by atoms with Crippen molar-refractivity contribution < 1.29 is 19.8 Å². The van der Waals surface area contributed by atoms with Crippen molar-refractivity contribution in [1.82, 2.24) is 14.8 Å². The van der Waals surface area contributed by atoms with E-state index in [1.807, 2.05) is 84.7 Å². The molecule has 0 unspecified atom stereocenters. The summed E-state index contributed by atoms with van der Waals surface area (Å²) >= 11 is 3.40. The van der Waals surface area contributed by atoms with Gasteiger partial charge in [-0.2, -0.15) is 0 Å². The van der Waals surface area contributed by atoms with Crippen LogP contribution in [0.3, 0.4) is 0 Å². The van der Waals surface area contributed by atoms with Crippen LogP contribution in [-0.4, -0.2) is 55.4 Å². The van der Waals surface area contributed by atoms with Gasteiger partial charge < -0.3 is 20.0 Å². The summed E-state index contributed by atoms with van der Waals surface area (Å²) in [5.41, 5.74) is 3.33. The summed E-state index contributed by atoms with van der Waals surface area (Å²) < 4.78 is 0. The van der Waals surface area contributed by atoms with Gasteiger partial charge in [-0.25, -0.2) is 0 Å². The van der Waals surface area contributed by atoms with Crippen LogP contribution < -0.4 is 0 Å². The number of amides is 2. The number of rotatable bonds is 16. The number of thioether (sulfide) groups is 2. The smallest absolute Gasteiger partial charge is 0.223 e. The molecule has 2 amide bonds. The highest BCUT2D eigenvalue weighted by molar-refractivity contribution is 7.99. The molecule has 1 heterocycles. The number of carbonyl (C=O) groups excluding carboxylic acids is 2. The molecule has 9 heteroatoms.